The number of nitrogens with zero attached hydrogens (tertiary/aromatic N) is 1. The summed E-state index contributed by atoms with van der Waals surface area (Å²) in [6, 6.07) is 19.4. The molecular formula is C29H37NO4. The van der Waals surface area contributed by atoms with Crippen LogP contribution in [0.5, 0.6) is 0 Å². The lowest BCUT2D eigenvalue weighted by Crippen LogP contribution is -2.47. The number of rotatable bonds is 11. The quantitative estimate of drug-likeness (QED) is 0.434. The number of carboxylic acid groups (broad SMARTS) is 1. The fourth-order valence-electron chi connectivity index (χ4n) is 5.13. The molecule has 3 atom stereocenters. The van der Waals surface area contributed by atoms with E-state index in [1.165, 1.54) is 36.0 Å². The van der Waals surface area contributed by atoms with Crippen LogP contribution in [0.1, 0.15) is 50.5 Å². The highest BCUT2D eigenvalue weighted by Crippen LogP contribution is 2.32. The SMILES string of the molecule is O=C(O)CCC=CCO[C@H]1[C@@H](OCc2ccc(-c3ccccc3)cc2)CC[C@@H]1N1CCCCC1. The smallest absolute Gasteiger partial charge is 0.303 e. The Morgan fingerprint density at radius 1 is 0.912 bits per heavy atom. The molecule has 0 radical (unpaired) electrons. The minimum Gasteiger partial charge on any atom is -0.481 e. The number of carbonyl (C=O) groups is 1. The molecule has 0 amide bonds. The van der Waals surface area contributed by atoms with Crippen LogP contribution in [-0.2, 0) is 20.9 Å². The van der Waals surface area contributed by atoms with E-state index in [4.69, 9.17) is 14.6 Å². The van der Waals surface area contributed by atoms with Gasteiger partial charge in [0.05, 0.1) is 25.4 Å². The molecule has 2 aliphatic rings. The Bertz CT molecular complexity index is 905. The van der Waals surface area contributed by atoms with E-state index in [-0.39, 0.29) is 18.6 Å². The highest BCUT2D eigenvalue weighted by atomic mass is 16.5. The molecule has 1 N–H and O–H groups in total. The Balaban J connectivity index is 1.34. The lowest BCUT2D eigenvalue weighted by molar-refractivity contribution is -0.136. The number of hydrogen-bond acceptors (Lipinski definition) is 4. The minimum absolute atomic E-state index is 0.0471. The molecule has 1 heterocycles. The van der Waals surface area contributed by atoms with Crippen LogP contribution in [0.2, 0.25) is 0 Å². The first-order chi connectivity index (χ1) is 16.7. The van der Waals surface area contributed by atoms with Gasteiger partial charge in [0.15, 0.2) is 0 Å². The van der Waals surface area contributed by atoms with Gasteiger partial charge in [0.25, 0.3) is 0 Å². The van der Waals surface area contributed by atoms with E-state index in [2.05, 4.69) is 53.4 Å². The molecule has 0 bridgehead atoms. The third-order valence-corrected chi connectivity index (χ3v) is 6.95. The third-order valence-electron chi connectivity index (χ3n) is 6.95. The van der Waals surface area contributed by atoms with Crippen molar-refractivity contribution in [1.82, 2.24) is 4.90 Å². The average molecular weight is 464 g/mol. The summed E-state index contributed by atoms with van der Waals surface area (Å²) < 4.78 is 12.8. The molecule has 0 spiro atoms. The van der Waals surface area contributed by atoms with Crippen molar-refractivity contribution in [3.05, 3.63) is 72.3 Å². The molecule has 5 nitrogen and oxygen atoms in total. The van der Waals surface area contributed by atoms with Crippen LogP contribution < -0.4 is 0 Å². The highest BCUT2D eigenvalue weighted by molar-refractivity contribution is 5.66. The zero-order valence-corrected chi connectivity index (χ0v) is 20.0. The third kappa shape index (κ3) is 7.02. The number of aliphatic carboxylic acids is 1. The van der Waals surface area contributed by atoms with Crippen molar-refractivity contribution in [2.24, 2.45) is 0 Å². The van der Waals surface area contributed by atoms with Gasteiger partial charge >= 0.3 is 5.97 Å². The standard InChI is InChI=1S/C29H37NO4/c31-28(32)12-6-2-9-21-33-29-26(30-19-7-3-8-20-30)17-18-27(29)34-22-23-13-15-25(16-14-23)24-10-4-1-5-11-24/h1-2,4-5,9-11,13-16,26-27,29H,3,6-8,12,17-22H2,(H,31,32)/t26-,27-,29+/m0/s1. The van der Waals surface area contributed by atoms with E-state index in [1.807, 2.05) is 18.2 Å². The summed E-state index contributed by atoms with van der Waals surface area (Å²) in [7, 11) is 0. The molecular weight excluding hydrogens is 426 g/mol. The maximum atomic E-state index is 10.7. The molecule has 2 aromatic carbocycles. The first kappa shape index (κ1) is 24.6. The minimum atomic E-state index is -0.767. The van der Waals surface area contributed by atoms with Gasteiger partial charge in [-0.05, 0) is 61.9 Å². The number of ether oxygens (including phenoxy) is 2. The summed E-state index contributed by atoms with van der Waals surface area (Å²) >= 11 is 0. The van der Waals surface area contributed by atoms with E-state index >= 15 is 0 Å². The van der Waals surface area contributed by atoms with Crippen LogP contribution in [0.4, 0.5) is 0 Å². The van der Waals surface area contributed by atoms with Crippen molar-refractivity contribution in [3.8, 4) is 11.1 Å². The molecule has 2 fully saturated rings. The lowest BCUT2D eigenvalue weighted by Gasteiger charge is -2.36. The fraction of sp³-hybridized carbons (Fsp3) is 0.483. The van der Waals surface area contributed by atoms with E-state index in [0.29, 0.717) is 25.7 Å². The maximum absolute atomic E-state index is 10.7. The van der Waals surface area contributed by atoms with Crippen LogP contribution in [0.15, 0.2) is 66.7 Å². The van der Waals surface area contributed by atoms with Gasteiger partial charge in [-0.3, -0.25) is 9.69 Å². The summed E-state index contributed by atoms with van der Waals surface area (Å²) in [5.41, 5.74) is 3.61. The Hall–Kier alpha value is -2.47. The molecule has 182 valence electrons. The van der Waals surface area contributed by atoms with Gasteiger partial charge in [-0.2, -0.15) is 0 Å². The lowest BCUT2D eigenvalue weighted by atomic mass is 10.0. The summed E-state index contributed by atoms with van der Waals surface area (Å²) in [5.74, 6) is -0.767. The van der Waals surface area contributed by atoms with Gasteiger partial charge < -0.3 is 14.6 Å². The van der Waals surface area contributed by atoms with Crippen LogP contribution in [0.25, 0.3) is 11.1 Å². The first-order valence-electron chi connectivity index (χ1n) is 12.7. The summed E-state index contributed by atoms with van der Waals surface area (Å²) in [5, 5.41) is 8.80. The molecule has 1 saturated heterocycles. The van der Waals surface area contributed by atoms with Gasteiger partial charge in [-0.25, -0.2) is 0 Å². The van der Waals surface area contributed by atoms with Crippen molar-refractivity contribution in [1.29, 1.82) is 0 Å². The molecule has 4 rings (SSSR count). The predicted molar refractivity (Wildman–Crippen MR) is 135 cm³/mol. The monoisotopic (exact) mass is 463 g/mol. The number of carboxylic acids is 1. The average Bonchev–Trinajstić information content (AvgIpc) is 3.28. The van der Waals surface area contributed by atoms with E-state index < -0.39 is 5.97 Å². The Morgan fingerprint density at radius 2 is 1.65 bits per heavy atom. The number of piperidine rings is 1. The largest absolute Gasteiger partial charge is 0.481 e. The summed E-state index contributed by atoms with van der Waals surface area (Å²) in [4.78, 5) is 13.3. The normalized spacial score (nSPS) is 23.5. The second-order valence-corrected chi connectivity index (χ2v) is 9.36. The van der Waals surface area contributed by atoms with E-state index in [9.17, 15) is 4.79 Å². The molecule has 0 aromatic heterocycles. The summed E-state index contributed by atoms with van der Waals surface area (Å²) in [6.07, 6.45) is 10.6. The van der Waals surface area contributed by atoms with Gasteiger partial charge in [-0.1, -0.05) is 73.2 Å². The molecule has 1 aliphatic carbocycles. The van der Waals surface area contributed by atoms with Gasteiger partial charge in [0, 0.05) is 12.5 Å². The number of hydrogen-bond donors (Lipinski definition) is 1. The molecule has 1 aliphatic heterocycles. The van der Waals surface area contributed by atoms with Gasteiger partial charge in [-0.15, -0.1) is 0 Å². The molecule has 0 unspecified atom stereocenters. The van der Waals surface area contributed by atoms with Crippen molar-refractivity contribution < 1.29 is 19.4 Å². The van der Waals surface area contributed by atoms with Crippen molar-refractivity contribution in [3.63, 3.8) is 0 Å². The van der Waals surface area contributed by atoms with Crippen molar-refractivity contribution in [2.75, 3.05) is 19.7 Å². The maximum Gasteiger partial charge on any atom is 0.303 e. The molecule has 1 saturated carbocycles. The van der Waals surface area contributed by atoms with Crippen LogP contribution in [0.3, 0.4) is 0 Å². The Kier molecular flexibility index (Phi) is 9.31. The highest BCUT2D eigenvalue weighted by Gasteiger charge is 2.41. The summed E-state index contributed by atoms with van der Waals surface area (Å²) in [6.45, 7) is 3.38. The van der Waals surface area contributed by atoms with Crippen molar-refractivity contribution in [2.45, 2.75) is 69.8 Å². The second kappa shape index (κ2) is 12.8. The molecule has 5 heteroatoms. The van der Waals surface area contributed by atoms with Crippen LogP contribution in [0, 0.1) is 0 Å². The Morgan fingerprint density at radius 3 is 2.38 bits per heavy atom. The topological polar surface area (TPSA) is 59.0 Å². The zero-order valence-electron chi connectivity index (χ0n) is 20.0. The van der Waals surface area contributed by atoms with E-state index in [0.717, 1.165) is 25.9 Å². The number of allylic oxidation sites excluding steroid dienone is 1. The number of likely N-dealkylation sites (tertiary alicyclic amines) is 1. The molecule has 34 heavy (non-hydrogen) atoms. The fourth-order valence-corrected chi connectivity index (χ4v) is 5.13. The first-order valence-corrected chi connectivity index (χ1v) is 12.7. The number of benzene rings is 2. The second-order valence-electron chi connectivity index (χ2n) is 9.36. The van der Waals surface area contributed by atoms with Crippen LogP contribution >= 0.6 is 0 Å². The predicted octanol–water partition coefficient (Wildman–Crippen LogP) is 5.69. The van der Waals surface area contributed by atoms with Crippen LogP contribution in [-0.4, -0.2) is 53.9 Å². The van der Waals surface area contributed by atoms with Gasteiger partial charge in [0.1, 0.15) is 0 Å². The molecule has 2 aromatic rings. The van der Waals surface area contributed by atoms with Gasteiger partial charge in [0.2, 0.25) is 0 Å². The zero-order chi connectivity index (χ0) is 23.6. The van der Waals surface area contributed by atoms with E-state index in [1.54, 1.807) is 0 Å². The van der Waals surface area contributed by atoms with Crippen molar-refractivity contribution >= 4 is 5.97 Å². The Labute approximate surface area is 203 Å².